The predicted octanol–water partition coefficient (Wildman–Crippen LogP) is 4.69. The number of hydrogen-bond donors (Lipinski definition) is 0. The highest BCUT2D eigenvalue weighted by Crippen LogP contribution is 2.42. The average molecular weight is 401 g/mol. The van der Waals surface area contributed by atoms with Gasteiger partial charge < -0.3 is 9.15 Å². The van der Waals surface area contributed by atoms with Crippen molar-refractivity contribution in [1.82, 2.24) is 0 Å². The van der Waals surface area contributed by atoms with Crippen molar-refractivity contribution in [1.29, 1.82) is 0 Å². The van der Waals surface area contributed by atoms with Crippen LogP contribution in [0.3, 0.4) is 0 Å². The van der Waals surface area contributed by atoms with Crippen molar-refractivity contribution in [2.45, 2.75) is 6.04 Å². The van der Waals surface area contributed by atoms with Gasteiger partial charge in [0, 0.05) is 17.3 Å². The molecule has 1 aliphatic heterocycles. The molecule has 0 saturated carbocycles. The predicted molar refractivity (Wildman–Crippen MR) is 111 cm³/mol. The summed E-state index contributed by atoms with van der Waals surface area (Å²) in [4.78, 5) is 28.2. The van der Waals surface area contributed by atoms with Crippen molar-refractivity contribution < 1.29 is 18.3 Å². The molecule has 1 aromatic heterocycles. The van der Waals surface area contributed by atoms with Crippen molar-refractivity contribution in [2.24, 2.45) is 0 Å². The Balaban J connectivity index is 1.83. The third kappa shape index (κ3) is 2.61. The minimum atomic E-state index is -0.957. The molecular weight excluding hydrogens is 385 g/mol. The van der Waals surface area contributed by atoms with E-state index in [-0.39, 0.29) is 22.3 Å². The maximum Gasteiger partial charge on any atom is 0.295 e. The van der Waals surface area contributed by atoms with Crippen LogP contribution in [0.1, 0.15) is 27.7 Å². The maximum absolute atomic E-state index is 14.8. The minimum absolute atomic E-state index is 0.0743. The molecule has 30 heavy (non-hydrogen) atoms. The lowest BCUT2D eigenvalue weighted by Crippen LogP contribution is -2.30. The van der Waals surface area contributed by atoms with Crippen LogP contribution in [0.15, 0.2) is 82.0 Å². The summed E-state index contributed by atoms with van der Waals surface area (Å²) in [6.45, 7) is 0. The zero-order valence-electron chi connectivity index (χ0n) is 16.0. The second-order valence-corrected chi connectivity index (χ2v) is 6.97. The number of hydrogen-bond acceptors (Lipinski definition) is 4. The molecule has 4 aromatic rings. The van der Waals surface area contributed by atoms with E-state index in [0.29, 0.717) is 22.4 Å². The van der Waals surface area contributed by atoms with Gasteiger partial charge >= 0.3 is 0 Å². The number of ether oxygens (including phenoxy) is 1. The van der Waals surface area contributed by atoms with Crippen LogP contribution in [0, 0.1) is 5.82 Å². The normalized spacial score (nSPS) is 15.5. The van der Waals surface area contributed by atoms with Gasteiger partial charge in [0.15, 0.2) is 5.43 Å². The van der Waals surface area contributed by atoms with E-state index in [0.717, 1.165) is 0 Å². The van der Waals surface area contributed by atoms with Gasteiger partial charge in [-0.05, 0) is 30.3 Å². The number of methoxy groups -OCH3 is 1. The molecule has 1 amide bonds. The molecular formula is C24H16FNO4. The van der Waals surface area contributed by atoms with E-state index >= 15 is 0 Å². The van der Waals surface area contributed by atoms with E-state index in [1.807, 2.05) is 0 Å². The zero-order valence-corrected chi connectivity index (χ0v) is 16.0. The van der Waals surface area contributed by atoms with Gasteiger partial charge in [0.1, 0.15) is 17.1 Å². The highest BCUT2D eigenvalue weighted by molar-refractivity contribution is 6.10. The molecule has 148 valence electrons. The van der Waals surface area contributed by atoms with Gasteiger partial charge in [-0.3, -0.25) is 14.5 Å². The summed E-state index contributed by atoms with van der Waals surface area (Å²) < 4.78 is 26.0. The fraction of sp³-hybridized carbons (Fsp3) is 0.0833. The molecule has 0 saturated heterocycles. The number of benzene rings is 3. The standard InChI is InChI=1S/C24H16FNO4/c1-29-15-8-6-7-14(13-15)26-21(16-9-2-4-11-18(16)25)20-22(27)17-10-3-5-12-19(17)30-23(20)24(26)28/h2-13,21H,1H3. The number of nitrogens with zero attached hydrogens (tertiary/aromatic N) is 1. The fourth-order valence-electron chi connectivity index (χ4n) is 3.94. The lowest BCUT2D eigenvalue weighted by Gasteiger charge is -2.25. The average Bonchev–Trinajstić information content (AvgIpc) is 3.07. The molecule has 0 N–H and O–H groups in total. The van der Waals surface area contributed by atoms with Gasteiger partial charge in [0.2, 0.25) is 5.76 Å². The van der Waals surface area contributed by atoms with Crippen LogP contribution in [0.5, 0.6) is 5.75 Å². The largest absolute Gasteiger partial charge is 0.497 e. The molecule has 0 radical (unpaired) electrons. The summed E-state index contributed by atoms with van der Waals surface area (Å²) in [5.74, 6) is -0.555. The number of fused-ring (bicyclic) bond motifs is 2. The molecule has 6 heteroatoms. The number of carbonyl (C=O) groups excluding carboxylic acids is 1. The van der Waals surface area contributed by atoms with Crippen molar-refractivity contribution in [3.8, 4) is 5.75 Å². The number of para-hydroxylation sites is 1. The van der Waals surface area contributed by atoms with E-state index in [2.05, 4.69) is 0 Å². The second-order valence-electron chi connectivity index (χ2n) is 6.97. The number of anilines is 1. The van der Waals surface area contributed by atoms with Gasteiger partial charge in [0.05, 0.1) is 24.1 Å². The summed E-state index contributed by atoms with van der Waals surface area (Å²) in [5.41, 5.74) is 0.789. The van der Waals surface area contributed by atoms with E-state index in [4.69, 9.17) is 9.15 Å². The van der Waals surface area contributed by atoms with Crippen LogP contribution in [0.2, 0.25) is 0 Å². The molecule has 0 spiro atoms. The van der Waals surface area contributed by atoms with Crippen molar-refractivity contribution in [2.75, 3.05) is 12.0 Å². The Bertz CT molecular complexity index is 1360. The molecule has 5 nitrogen and oxygen atoms in total. The summed E-state index contributed by atoms with van der Waals surface area (Å²) in [6, 6.07) is 18.7. The van der Waals surface area contributed by atoms with Crippen molar-refractivity contribution in [3.63, 3.8) is 0 Å². The Labute approximate surface area is 170 Å². The summed E-state index contributed by atoms with van der Waals surface area (Å²) in [5, 5.41) is 0.345. The van der Waals surface area contributed by atoms with Gasteiger partial charge in [-0.2, -0.15) is 0 Å². The Morgan fingerprint density at radius 1 is 0.967 bits per heavy atom. The maximum atomic E-state index is 14.8. The molecule has 2 heterocycles. The summed E-state index contributed by atoms with van der Waals surface area (Å²) in [6.07, 6.45) is 0. The first-order valence-electron chi connectivity index (χ1n) is 9.38. The number of carbonyl (C=O) groups is 1. The number of rotatable bonds is 3. The highest BCUT2D eigenvalue weighted by Gasteiger charge is 2.44. The first-order chi connectivity index (χ1) is 14.6. The third-order valence-corrected chi connectivity index (χ3v) is 5.31. The van der Waals surface area contributed by atoms with Crippen LogP contribution < -0.4 is 15.1 Å². The van der Waals surface area contributed by atoms with E-state index in [9.17, 15) is 14.0 Å². The molecule has 0 aliphatic carbocycles. The topological polar surface area (TPSA) is 59.8 Å². The molecule has 1 atom stereocenters. The lowest BCUT2D eigenvalue weighted by molar-refractivity contribution is 0.0971. The first-order valence-corrected chi connectivity index (χ1v) is 9.38. The molecule has 1 unspecified atom stereocenters. The van der Waals surface area contributed by atoms with Crippen LogP contribution in [0.25, 0.3) is 11.0 Å². The van der Waals surface area contributed by atoms with Crippen molar-refractivity contribution >= 4 is 22.6 Å². The van der Waals surface area contributed by atoms with Crippen LogP contribution in [0.4, 0.5) is 10.1 Å². The Hall–Kier alpha value is -3.93. The van der Waals surface area contributed by atoms with Crippen LogP contribution in [-0.2, 0) is 0 Å². The Kier molecular flexibility index (Phi) is 4.13. The quantitative estimate of drug-likeness (QED) is 0.500. The second kappa shape index (κ2) is 6.84. The van der Waals surface area contributed by atoms with Crippen LogP contribution in [-0.4, -0.2) is 13.0 Å². The minimum Gasteiger partial charge on any atom is -0.497 e. The summed E-state index contributed by atoms with van der Waals surface area (Å²) >= 11 is 0. The monoisotopic (exact) mass is 401 g/mol. The van der Waals surface area contributed by atoms with E-state index < -0.39 is 17.8 Å². The van der Waals surface area contributed by atoms with Gasteiger partial charge in [-0.15, -0.1) is 0 Å². The number of amides is 1. The molecule has 5 rings (SSSR count). The van der Waals surface area contributed by atoms with Gasteiger partial charge in [0.25, 0.3) is 5.91 Å². The van der Waals surface area contributed by atoms with Gasteiger partial charge in [-0.1, -0.05) is 36.4 Å². The van der Waals surface area contributed by atoms with E-state index in [1.165, 1.54) is 18.1 Å². The lowest BCUT2D eigenvalue weighted by atomic mass is 9.97. The van der Waals surface area contributed by atoms with Gasteiger partial charge in [-0.25, -0.2) is 4.39 Å². The van der Waals surface area contributed by atoms with Crippen molar-refractivity contribution in [3.05, 3.63) is 106 Å². The molecule has 1 aliphatic rings. The number of halogens is 1. The third-order valence-electron chi connectivity index (χ3n) is 5.31. The van der Waals surface area contributed by atoms with Crippen LogP contribution >= 0.6 is 0 Å². The smallest absolute Gasteiger partial charge is 0.295 e. The van der Waals surface area contributed by atoms with E-state index in [1.54, 1.807) is 66.7 Å². The summed E-state index contributed by atoms with van der Waals surface area (Å²) in [7, 11) is 1.52. The zero-order chi connectivity index (χ0) is 20.8. The first kappa shape index (κ1) is 18.1. The highest BCUT2D eigenvalue weighted by atomic mass is 19.1. The SMILES string of the molecule is COc1cccc(N2C(=O)c3oc4ccccc4c(=O)c3C2c2ccccc2F)c1. The molecule has 0 bridgehead atoms. The Morgan fingerprint density at radius 2 is 1.73 bits per heavy atom. The molecule has 3 aromatic carbocycles. The fourth-order valence-corrected chi connectivity index (χ4v) is 3.94. The molecule has 0 fully saturated rings. The Morgan fingerprint density at radius 3 is 2.53 bits per heavy atom.